The predicted octanol–water partition coefficient (Wildman–Crippen LogP) is -0.730. The highest BCUT2D eigenvalue weighted by Gasteiger charge is 2.26. The van der Waals surface area contributed by atoms with Gasteiger partial charge in [0.15, 0.2) is 0 Å². The van der Waals surface area contributed by atoms with Crippen LogP contribution in [0.2, 0.25) is 0 Å². The van der Waals surface area contributed by atoms with Gasteiger partial charge in [-0.3, -0.25) is 9.59 Å². The minimum absolute atomic E-state index is 0.0178. The highest BCUT2D eigenvalue weighted by molar-refractivity contribution is 5.89. The van der Waals surface area contributed by atoms with E-state index in [-0.39, 0.29) is 6.54 Å². The molecule has 1 atom stereocenters. The van der Waals surface area contributed by atoms with Crippen molar-refractivity contribution in [3.63, 3.8) is 0 Å². The number of urea groups is 1. The summed E-state index contributed by atoms with van der Waals surface area (Å²) in [5.41, 5.74) is 3.88. The summed E-state index contributed by atoms with van der Waals surface area (Å²) in [4.78, 5) is 32.6. The van der Waals surface area contributed by atoms with E-state index in [1.807, 2.05) is 0 Å². The van der Waals surface area contributed by atoms with Gasteiger partial charge in [-0.2, -0.15) is 0 Å². The number of carboxylic acids is 1. The molecule has 0 bridgehead atoms. The Kier molecular flexibility index (Phi) is 4.74. The number of hydrogen-bond donors (Lipinski definition) is 4. The minimum atomic E-state index is -1.17. The molecule has 0 fully saturated rings. The van der Waals surface area contributed by atoms with Gasteiger partial charge in [0.2, 0.25) is 5.91 Å². The van der Waals surface area contributed by atoms with Crippen molar-refractivity contribution in [2.24, 2.45) is 11.7 Å². The van der Waals surface area contributed by atoms with Crippen LogP contribution in [0.4, 0.5) is 4.79 Å². The van der Waals surface area contributed by atoms with Gasteiger partial charge in [0.1, 0.15) is 5.54 Å². The molecule has 0 aromatic carbocycles. The van der Waals surface area contributed by atoms with Crippen LogP contribution in [-0.4, -0.2) is 35.1 Å². The van der Waals surface area contributed by atoms with Crippen molar-refractivity contribution in [2.45, 2.75) is 26.3 Å². The Morgan fingerprint density at radius 3 is 2.25 bits per heavy atom. The third kappa shape index (κ3) is 4.63. The number of carbonyl (C=O) groups is 3. The molecule has 7 heteroatoms. The Bertz CT molecular complexity index is 301. The first-order chi connectivity index (χ1) is 7.16. The summed E-state index contributed by atoms with van der Waals surface area (Å²) >= 11 is 0. The van der Waals surface area contributed by atoms with Crippen LogP contribution in [0.25, 0.3) is 0 Å². The van der Waals surface area contributed by atoms with Gasteiger partial charge in [-0.25, -0.2) is 4.79 Å². The van der Waals surface area contributed by atoms with Crippen molar-refractivity contribution < 1.29 is 19.5 Å². The maximum Gasteiger partial charge on any atom is 0.315 e. The van der Waals surface area contributed by atoms with Crippen molar-refractivity contribution >= 4 is 17.9 Å². The minimum Gasteiger partial charge on any atom is -0.481 e. The van der Waals surface area contributed by atoms with Crippen LogP contribution < -0.4 is 16.4 Å². The van der Waals surface area contributed by atoms with Crippen molar-refractivity contribution in [3.8, 4) is 0 Å². The summed E-state index contributed by atoms with van der Waals surface area (Å²) in [5, 5.41) is 13.2. The van der Waals surface area contributed by atoms with E-state index in [9.17, 15) is 14.4 Å². The molecule has 7 nitrogen and oxygen atoms in total. The van der Waals surface area contributed by atoms with Crippen LogP contribution in [0, 0.1) is 5.92 Å². The molecule has 0 rings (SSSR count). The average Bonchev–Trinajstić information content (AvgIpc) is 2.12. The molecule has 0 aliphatic rings. The molecule has 92 valence electrons. The van der Waals surface area contributed by atoms with E-state index in [1.54, 1.807) is 0 Å². The molecule has 16 heavy (non-hydrogen) atoms. The lowest BCUT2D eigenvalue weighted by molar-refractivity contribution is -0.140. The molecule has 0 heterocycles. The molecule has 0 spiro atoms. The first-order valence-corrected chi connectivity index (χ1v) is 4.75. The lowest BCUT2D eigenvalue weighted by Crippen LogP contribution is -2.56. The molecular formula is C9H17N3O4. The summed E-state index contributed by atoms with van der Waals surface area (Å²) in [6, 6.07) is -0.628. The van der Waals surface area contributed by atoms with Crippen LogP contribution in [0.3, 0.4) is 0 Å². The van der Waals surface area contributed by atoms with E-state index in [0.29, 0.717) is 0 Å². The molecule has 3 amide bonds. The second-order valence-corrected chi connectivity index (χ2v) is 4.06. The van der Waals surface area contributed by atoms with Crippen LogP contribution in [-0.2, 0) is 9.59 Å². The van der Waals surface area contributed by atoms with Gasteiger partial charge in [0.25, 0.3) is 0 Å². The third-order valence-electron chi connectivity index (χ3n) is 2.03. The smallest absolute Gasteiger partial charge is 0.315 e. The highest BCUT2D eigenvalue weighted by atomic mass is 16.4. The zero-order chi connectivity index (χ0) is 12.9. The normalized spacial score (nSPS) is 12.7. The Morgan fingerprint density at radius 1 is 1.38 bits per heavy atom. The second-order valence-electron chi connectivity index (χ2n) is 4.06. The number of hydrogen-bond acceptors (Lipinski definition) is 3. The molecule has 0 aromatic heterocycles. The monoisotopic (exact) mass is 231 g/mol. The summed E-state index contributed by atoms with van der Waals surface area (Å²) < 4.78 is 0. The van der Waals surface area contributed by atoms with Gasteiger partial charge < -0.3 is 21.5 Å². The summed E-state index contributed by atoms with van der Waals surface area (Å²) in [5.74, 6) is -2.37. The molecule has 0 saturated carbocycles. The molecule has 5 N–H and O–H groups in total. The summed E-state index contributed by atoms with van der Waals surface area (Å²) in [6.07, 6.45) is 0. The van der Waals surface area contributed by atoms with E-state index in [0.717, 1.165) is 0 Å². The maximum atomic E-state index is 11.3. The fourth-order valence-corrected chi connectivity index (χ4v) is 0.723. The van der Waals surface area contributed by atoms with Crippen LogP contribution in [0.1, 0.15) is 20.8 Å². The highest BCUT2D eigenvalue weighted by Crippen LogP contribution is 1.99. The molecule has 0 aliphatic carbocycles. The van der Waals surface area contributed by atoms with Gasteiger partial charge in [-0.1, -0.05) is 6.92 Å². The standard InChI is InChI=1S/C9H17N3O4/c1-5(6(13)14)4-11-8(16)12-9(2,3)7(10)15/h5H,4H2,1-3H3,(H2,10,15)(H,13,14)(H2,11,12,16). The zero-order valence-electron chi connectivity index (χ0n) is 9.53. The Balaban J connectivity index is 4.11. The van der Waals surface area contributed by atoms with E-state index >= 15 is 0 Å². The molecule has 0 aliphatic heterocycles. The summed E-state index contributed by atoms with van der Waals surface area (Å²) in [7, 11) is 0. The zero-order valence-corrected chi connectivity index (χ0v) is 9.53. The molecule has 0 saturated heterocycles. The van der Waals surface area contributed by atoms with Gasteiger partial charge in [-0.05, 0) is 13.8 Å². The van der Waals surface area contributed by atoms with Crippen molar-refractivity contribution in [3.05, 3.63) is 0 Å². The SMILES string of the molecule is CC(CNC(=O)NC(C)(C)C(N)=O)C(=O)O. The predicted molar refractivity (Wildman–Crippen MR) is 56.6 cm³/mol. The van der Waals surface area contributed by atoms with E-state index in [1.165, 1.54) is 20.8 Å². The van der Waals surface area contributed by atoms with Crippen LogP contribution in [0.15, 0.2) is 0 Å². The maximum absolute atomic E-state index is 11.3. The fourth-order valence-electron chi connectivity index (χ4n) is 0.723. The number of amides is 3. The average molecular weight is 231 g/mol. The number of carboxylic acid groups (broad SMARTS) is 1. The first-order valence-electron chi connectivity index (χ1n) is 4.75. The lowest BCUT2D eigenvalue weighted by atomic mass is 10.1. The molecular weight excluding hydrogens is 214 g/mol. The second kappa shape index (κ2) is 5.34. The Morgan fingerprint density at radius 2 is 1.88 bits per heavy atom. The van der Waals surface area contributed by atoms with Gasteiger partial charge in [0, 0.05) is 6.54 Å². The third-order valence-corrected chi connectivity index (χ3v) is 2.03. The van der Waals surface area contributed by atoms with Gasteiger partial charge in [-0.15, -0.1) is 0 Å². The van der Waals surface area contributed by atoms with Crippen molar-refractivity contribution in [2.75, 3.05) is 6.54 Å². The number of aliphatic carboxylic acids is 1. The number of carbonyl (C=O) groups excluding carboxylic acids is 2. The quantitative estimate of drug-likeness (QED) is 0.498. The Hall–Kier alpha value is -1.79. The Labute approximate surface area is 93.4 Å². The van der Waals surface area contributed by atoms with E-state index in [4.69, 9.17) is 10.8 Å². The van der Waals surface area contributed by atoms with Gasteiger partial charge in [0.05, 0.1) is 5.92 Å². The number of rotatable bonds is 5. The van der Waals surface area contributed by atoms with Crippen LogP contribution >= 0.6 is 0 Å². The van der Waals surface area contributed by atoms with Crippen molar-refractivity contribution in [1.29, 1.82) is 0 Å². The lowest BCUT2D eigenvalue weighted by Gasteiger charge is -2.22. The molecule has 1 unspecified atom stereocenters. The van der Waals surface area contributed by atoms with E-state index in [2.05, 4.69) is 10.6 Å². The number of primary amides is 1. The van der Waals surface area contributed by atoms with E-state index < -0.39 is 29.4 Å². The molecule has 0 aromatic rings. The largest absolute Gasteiger partial charge is 0.481 e. The number of nitrogens with two attached hydrogens (primary N) is 1. The first kappa shape index (κ1) is 14.2. The number of nitrogens with one attached hydrogen (secondary N) is 2. The molecule has 0 radical (unpaired) electrons. The topological polar surface area (TPSA) is 122 Å². The van der Waals surface area contributed by atoms with Crippen molar-refractivity contribution in [1.82, 2.24) is 10.6 Å². The summed E-state index contributed by atoms with van der Waals surface area (Å²) in [6.45, 7) is 4.35. The van der Waals surface area contributed by atoms with Gasteiger partial charge >= 0.3 is 12.0 Å². The fraction of sp³-hybridized carbons (Fsp3) is 0.667. The van der Waals surface area contributed by atoms with Crippen LogP contribution in [0.5, 0.6) is 0 Å².